The van der Waals surface area contributed by atoms with Gasteiger partial charge in [0.15, 0.2) is 11.5 Å². The number of anilines is 1. The predicted octanol–water partition coefficient (Wildman–Crippen LogP) is 3.36. The molecule has 0 aliphatic heterocycles. The monoisotopic (exact) mass is 532 g/mol. The van der Waals surface area contributed by atoms with Crippen LogP contribution in [0.3, 0.4) is 0 Å². The van der Waals surface area contributed by atoms with Gasteiger partial charge in [0.05, 0.1) is 22.7 Å². The van der Waals surface area contributed by atoms with Crippen LogP contribution in [0.5, 0.6) is 0 Å². The van der Waals surface area contributed by atoms with E-state index in [0.29, 0.717) is 32.9 Å². The summed E-state index contributed by atoms with van der Waals surface area (Å²) in [5.74, 6) is 6.13. The molecule has 5 aromatic heterocycles. The van der Waals surface area contributed by atoms with Crippen molar-refractivity contribution in [2.24, 2.45) is 0 Å². The average Bonchev–Trinajstić information content (AvgIpc) is 3.52. The van der Waals surface area contributed by atoms with Gasteiger partial charge in [0.2, 0.25) is 0 Å². The standard InChI is InChI=1S/C28H20N8O2S/c1-17(32-26(37)22-23(29)34-35-15-5-12-31-25(22)35)24-33-27-21(28(38)36(24)20-6-3-2-4-7-20)19(16-39-27)9-8-18-10-13-30-14-11-18/h2-7,10-17H,1H3,(H2,29,34)(H,32,37)/t17-/m1/s1. The Bertz CT molecular complexity index is 1970. The van der Waals surface area contributed by atoms with Gasteiger partial charge in [-0.25, -0.2) is 14.5 Å². The van der Waals surface area contributed by atoms with E-state index in [9.17, 15) is 9.59 Å². The van der Waals surface area contributed by atoms with Crippen LogP contribution in [-0.2, 0) is 0 Å². The quantitative estimate of drug-likeness (QED) is 0.333. The lowest BCUT2D eigenvalue weighted by atomic mass is 10.2. The highest BCUT2D eigenvalue weighted by Gasteiger charge is 2.25. The lowest BCUT2D eigenvalue weighted by Gasteiger charge is -2.19. The molecule has 11 heteroatoms. The van der Waals surface area contributed by atoms with E-state index in [0.717, 1.165) is 5.56 Å². The zero-order valence-corrected chi connectivity index (χ0v) is 21.4. The minimum atomic E-state index is -0.665. The van der Waals surface area contributed by atoms with Crippen molar-refractivity contribution < 1.29 is 4.79 Å². The number of rotatable bonds is 4. The summed E-state index contributed by atoms with van der Waals surface area (Å²) < 4.78 is 2.95. The van der Waals surface area contributed by atoms with Crippen molar-refractivity contribution in [3.05, 3.63) is 112 Å². The van der Waals surface area contributed by atoms with E-state index >= 15 is 0 Å². The molecule has 39 heavy (non-hydrogen) atoms. The number of nitrogens with one attached hydrogen (secondary N) is 1. The van der Waals surface area contributed by atoms with Crippen LogP contribution in [0.15, 0.2) is 83.5 Å². The Labute approximate surface area is 225 Å². The molecule has 0 saturated heterocycles. The number of hydrogen-bond donors (Lipinski definition) is 2. The summed E-state index contributed by atoms with van der Waals surface area (Å²) in [7, 11) is 0. The molecule has 0 spiro atoms. The largest absolute Gasteiger partial charge is 0.381 e. The number of thiophene rings is 1. The summed E-state index contributed by atoms with van der Waals surface area (Å²) in [6.45, 7) is 1.76. The Morgan fingerprint density at radius 1 is 1.08 bits per heavy atom. The van der Waals surface area contributed by atoms with Gasteiger partial charge in [-0.2, -0.15) is 0 Å². The van der Waals surface area contributed by atoms with Gasteiger partial charge < -0.3 is 11.1 Å². The van der Waals surface area contributed by atoms with Crippen LogP contribution in [0.2, 0.25) is 0 Å². The zero-order valence-electron chi connectivity index (χ0n) is 20.6. The number of pyridine rings is 1. The van der Waals surface area contributed by atoms with Crippen LogP contribution in [0, 0.1) is 11.8 Å². The molecule has 0 aliphatic carbocycles. The fraction of sp³-hybridized carbons (Fsp3) is 0.0714. The summed E-state index contributed by atoms with van der Waals surface area (Å²) in [6, 6.07) is 13.8. The molecule has 0 saturated carbocycles. The molecular formula is C28H20N8O2S. The first kappa shape index (κ1) is 24.0. The molecule has 1 amide bonds. The predicted molar refractivity (Wildman–Crippen MR) is 149 cm³/mol. The minimum absolute atomic E-state index is 0.0536. The molecule has 6 rings (SSSR count). The van der Waals surface area contributed by atoms with Crippen molar-refractivity contribution in [2.45, 2.75) is 13.0 Å². The third kappa shape index (κ3) is 4.39. The second-order valence-corrected chi connectivity index (χ2v) is 9.46. The number of benzene rings is 1. The van der Waals surface area contributed by atoms with Gasteiger partial charge in [-0.15, -0.1) is 16.4 Å². The van der Waals surface area contributed by atoms with Gasteiger partial charge in [0.1, 0.15) is 16.2 Å². The molecule has 0 radical (unpaired) electrons. The second-order valence-electron chi connectivity index (χ2n) is 8.60. The Morgan fingerprint density at radius 2 is 1.87 bits per heavy atom. The molecule has 1 atom stereocenters. The molecule has 5 heterocycles. The van der Waals surface area contributed by atoms with Gasteiger partial charge in [0, 0.05) is 35.7 Å². The normalized spacial score (nSPS) is 11.7. The number of nitrogen functional groups attached to an aromatic ring is 1. The van der Waals surface area contributed by atoms with E-state index < -0.39 is 11.9 Å². The highest BCUT2D eigenvalue weighted by Crippen LogP contribution is 2.25. The molecule has 0 aliphatic rings. The van der Waals surface area contributed by atoms with Gasteiger partial charge in [-0.05, 0) is 37.3 Å². The minimum Gasteiger partial charge on any atom is -0.381 e. The maximum Gasteiger partial charge on any atom is 0.268 e. The van der Waals surface area contributed by atoms with Crippen LogP contribution < -0.4 is 16.6 Å². The van der Waals surface area contributed by atoms with E-state index in [1.54, 1.807) is 49.9 Å². The van der Waals surface area contributed by atoms with Crippen molar-refractivity contribution in [3.63, 3.8) is 0 Å². The number of amides is 1. The van der Waals surface area contributed by atoms with Crippen LogP contribution in [0.1, 0.15) is 40.3 Å². The van der Waals surface area contributed by atoms with E-state index in [1.807, 2.05) is 35.7 Å². The Kier molecular flexibility index (Phi) is 6.07. The number of carbonyl (C=O) groups excluding carboxylic acids is 1. The highest BCUT2D eigenvalue weighted by atomic mass is 32.1. The fourth-order valence-electron chi connectivity index (χ4n) is 4.25. The summed E-state index contributed by atoms with van der Waals surface area (Å²) in [5, 5.41) is 9.33. The lowest BCUT2D eigenvalue weighted by Crippen LogP contribution is -2.33. The third-order valence-corrected chi connectivity index (χ3v) is 6.93. The maximum absolute atomic E-state index is 14.0. The zero-order chi connectivity index (χ0) is 26.9. The van der Waals surface area contributed by atoms with Crippen molar-refractivity contribution in [3.8, 4) is 17.5 Å². The van der Waals surface area contributed by atoms with Crippen LogP contribution in [0.25, 0.3) is 21.6 Å². The molecule has 0 fully saturated rings. The van der Waals surface area contributed by atoms with E-state index in [1.165, 1.54) is 20.4 Å². The Hall–Kier alpha value is -5.34. The molecule has 0 bridgehead atoms. The molecule has 3 N–H and O–H groups in total. The number of para-hydroxylation sites is 1. The van der Waals surface area contributed by atoms with E-state index in [-0.39, 0.29) is 16.9 Å². The number of fused-ring (bicyclic) bond motifs is 2. The van der Waals surface area contributed by atoms with Gasteiger partial charge in [0.25, 0.3) is 11.5 Å². The summed E-state index contributed by atoms with van der Waals surface area (Å²) in [6.07, 6.45) is 6.55. The molecule has 190 valence electrons. The fourth-order valence-corrected chi connectivity index (χ4v) is 5.11. The number of aromatic nitrogens is 6. The summed E-state index contributed by atoms with van der Waals surface area (Å²) in [4.78, 5) is 40.9. The average molecular weight is 533 g/mol. The van der Waals surface area contributed by atoms with Gasteiger partial charge >= 0.3 is 0 Å². The summed E-state index contributed by atoms with van der Waals surface area (Å²) in [5.41, 5.74) is 8.24. The number of nitrogens with zero attached hydrogens (tertiary/aromatic N) is 6. The first-order chi connectivity index (χ1) is 19.0. The smallest absolute Gasteiger partial charge is 0.268 e. The van der Waals surface area contributed by atoms with Crippen LogP contribution in [-0.4, -0.2) is 35.0 Å². The van der Waals surface area contributed by atoms with Crippen molar-refractivity contribution >= 4 is 38.9 Å². The maximum atomic E-state index is 14.0. The van der Waals surface area contributed by atoms with E-state index in [2.05, 4.69) is 32.2 Å². The van der Waals surface area contributed by atoms with Crippen LogP contribution in [0.4, 0.5) is 5.82 Å². The topological polar surface area (TPSA) is 133 Å². The molecule has 0 unspecified atom stereocenters. The second kappa shape index (κ2) is 9.85. The molecule has 1 aromatic carbocycles. The molecular weight excluding hydrogens is 512 g/mol. The summed E-state index contributed by atoms with van der Waals surface area (Å²) >= 11 is 1.32. The van der Waals surface area contributed by atoms with Crippen molar-refractivity contribution in [2.75, 3.05) is 5.73 Å². The van der Waals surface area contributed by atoms with Crippen molar-refractivity contribution in [1.82, 2.24) is 34.4 Å². The highest BCUT2D eigenvalue weighted by molar-refractivity contribution is 7.17. The number of carbonyl (C=O) groups is 1. The number of nitrogens with two attached hydrogens (primary N) is 1. The van der Waals surface area contributed by atoms with Gasteiger partial charge in [-0.1, -0.05) is 30.0 Å². The van der Waals surface area contributed by atoms with Crippen LogP contribution >= 0.6 is 11.3 Å². The molecule has 10 nitrogen and oxygen atoms in total. The molecule has 6 aromatic rings. The third-order valence-electron chi connectivity index (χ3n) is 6.05. The lowest BCUT2D eigenvalue weighted by molar-refractivity contribution is 0.0940. The Morgan fingerprint density at radius 3 is 2.67 bits per heavy atom. The first-order valence-corrected chi connectivity index (χ1v) is 12.8. The Balaban J connectivity index is 1.45. The van der Waals surface area contributed by atoms with Gasteiger partial charge in [-0.3, -0.25) is 19.1 Å². The number of hydrogen-bond acceptors (Lipinski definition) is 8. The SMILES string of the molecule is C[C@@H](NC(=O)c1c(N)nn2cccnc12)c1nc2scc(C#Cc3ccncc3)c2c(=O)n1-c1ccccc1. The van der Waals surface area contributed by atoms with Crippen molar-refractivity contribution in [1.29, 1.82) is 0 Å². The van der Waals surface area contributed by atoms with E-state index in [4.69, 9.17) is 10.7 Å². The first-order valence-electron chi connectivity index (χ1n) is 11.9.